The van der Waals surface area contributed by atoms with E-state index in [4.69, 9.17) is 38.6 Å². The van der Waals surface area contributed by atoms with Crippen LogP contribution in [0.5, 0.6) is 17.6 Å². The number of rotatable bonds is 13. The van der Waals surface area contributed by atoms with Crippen molar-refractivity contribution in [3.05, 3.63) is 73.6 Å². The van der Waals surface area contributed by atoms with Gasteiger partial charge in [-0.3, -0.25) is 0 Å². The van der Waals surface area contributed by atoms with Gasteiger partial charge in [-0.15, -0.1) is 0 Å². The van der Waals surface area contributed by atoms with Gasteiger partial charge in [0, 0.05) is 89.3 Å². The van der Waals surface area contributed by atoms with E-state index < -0.39 is 5.60 Å². The zero-order valence-corrected chi connectivity index (χ0v) is 48.9. The zero-order chi connectivity index (χ0) is 59.1. The molecule has 0 bridgehead atoms. The Morgan fingerprint density at radius 2 is 0.881 bits per heavy atom. The second-order valence-electron chi connectivity index (χ2n) is 21.0. The minimum Gasteiger partial charge on any atom is -0.471 e. The number of carbonyl (C=O) groups is 2. The Morgan fingerprint density at radius 3 is 1.21 bits per heavy atom. The maximum Gasteiger partial charge on any atom is 0.410 e. The summed E-state index contributed by atoms with van der Waals surface area (Å²) in [5.41, 5.74) is 5.91. The van der Waals surface area contributed by atoms with Crippen LogP contribution in [0.4, 0.5) is 9.59 Å². The summed E-state index contributed by atoms with van der Waals surface area (Å²) in [6.45, 7) is 25.3. The number of aromatic nitrogens is 18. The molecule has 1 N–H and O–H groups in total. The van der Waals surface area contributed by atoms with Gasteiger partial charge in [0.25, 0.3) is 0 Å². The fourth-order valence-corrected chi connectivity index (χ4v) is 9.81. The van der Waals surface area contributed by atoms with Gasteiger partial charge in [-0.2, -0.15) is 15.0 Å². The first kappa shape index (κ1) is 58.0. The molecule has 28 heteroatoms. The first-order valence-corrected chi connectivity index (χ1v) is 28.2. The van der Waals surface area contributed by atoms with E-state index in [2.05, 4.69) is 72.0 Å². The van der Waals surface area contributed by atoms with Crippen LogP contribution in [-0.4, -0.2) is 180 Å². The number of amides is 2. The monoisotopic (exact) mass is 1150 g/mol. The van der Waals surface area contributed by atoms with Crippen LogP contribution in [0.2, 0.25) is 0 Å². The molecular weight excluding hydrogens is 1080 g/mol. The van der Waals surface area contributed by atoms with Crippen LogP contribution in [0.15, 0.2) is 56.2 Å². The third-order valence-electron chi connectivity index (χ3n) is 13.9. The highest BCUT2D eigenvalue weighted by molar-refractivity contribution is 5.83. The lowest BCUT2D eigenvalue weighted by Gasteiger charge is -2.24. The number of nitrogens with one attached hydrogen (secondary N) is 1. The molecule has 1 unspecified atom stereocenters. The molecule has 440 valence electrons. The van der Waals surface area contributed by atoms with E-state index in [-0.39, 0.29) is 30.5 Å². The van der Waals surface area contributed by atoms with E-state index in [1.165, 1.54) is 19.0 Å². The molecule has 3 atom stereocenters. The van der Waals surface area contributed by atoms with Gasteiger partial charge in [-0.1, -0.05) is 0 Å². The van der Waals surface area contributed by atoms with Gasteiger partial charge in [0.1, 0.15) is 77.8 Å². The van der Waals surface area contributed by atoms with Crippen molar-refractivity contribution < 1.29 is 33.3 Å². The maximum absolute atomic E-state index is 12.3. The molecule has 12 rings (SSSR count). The van der Waals surface area contributed by atoms with Crippen molar-refractivity contribution in [3.63, 3.8) is 0 Å². The molecule has 3 fully saturated rings. The number of hydrogen-bond donors (Lipinski definition) is 1. The molecule has 3 aliphatic heterocycles. The van der Waals surface area contributed by atoms with E-state index in [9.17, 15) is 9.59 Å². The Hall–Kier alpha value is -9.21. The van der Waals surface area contributed by atoms with Crippen LogP contribution in [0, 0.1) is 20.8 Å². The van der Waals surface area contributed by atoms with E-state index in [0.29, 0.717) is 127 Å². The number of fused-ring (bicyclic) bond motifs is 3. The molecule has 0 saturated carbocycles. The van der Waals surface area contributed by atoms with Crippen LogP contribution < -0.4 is 19.5 Å². The molecule has 84 heavy (non-hydrogen) atoms. The third-order valence-corrected chi connectivity index (χ3v) is 13.9. The fourth-order valence-electron chi connectivity index (χ4n) is 9.81. The molecule has 0 aliphatic carbocycles. The molecule has 0 aromatic carbocycles. The summed E-state index contributed by atoms with van der Waals surface area (Å²) in [4.78, 5) is 93.5. The van der Waals surface area contributed by atoms with Gasteiger partial charge in [-0.25, -0.2) is 69.4 Å². The van der Waals surface area contributed by atoms with Crippen molar-refractivity contribution in [2.45, 2.75) is 132 Å². The summed E-state index contributed by atoms with van der Waals surface area (Å²) in [6.07, 6.45) is 16.5. The molecular formula is C56H69N21O7. The van der Waals surface area contributed by atoms with Crippen molar-refractivity contribution in [2.24, 2.45) is 0 Å². The van der Waals surface area contributed by atoms with Crippen molar-refractivity contribution in [3.8, 4) is 51.8 Å². The van der Waals surface area contributed by atoms with Crippen molar-refractivity contribution >= 4 is 45.7 Å². The quantitative estimate of drug-likeness (QED) is 0.127. The number of ether oxygens (including phenoxy) is 5. The normalized spacial score (nSPS) is 16.8. The predicted octanol–water partition coefficient (Wildman–Crippen LogP) is 6.57. The third kappa shape index (κ3) is 13.0. The fraction of sp³-hybridized carbons (Fsp3) is 0.482. The molecule has 9 aromatic rings. The van der Waals surface area contributed by atoms with Gasteiger partial charge < -0.3 is 52.5 Å². The lowest BCUT2D eigenvalue weighted by molar-refractivity contribution is 0.0275. The number of likely N-dealkylation sites (tertiary alicyclic amines) is 2. The van der Waals surface area contributed by atoms with Gasteiger partial charge in [0.05, 0.1) is 36.4 Å². The van der Waals surface area contributed by atoms with Crippen molar-refractivity contribution in [2.75, 3.05) is 45.9 Å². The Labute approximate surface area is 484 Å². The Bertz CT molecular complexity index is 3730. The number of aryl methyl sites for hydroxylation is 6. The number of imidazole rings is 3. The van der Waals surface area contributed by atoms with E-state index in [0.717, 1.165) is 60.0 Å². The van der Waals surface area contributed by atoms with E-state index in [1.54, 1.807) is 53.9 Å². The Balaban J connectivity index is 0.000000141. The van der Waals surface area contributed by atoms with Crippen LogP contribution in [0.25, 0.3) is 67.7 Å². The highest BCUT2D eigenvalue weighted by Crippen LogP contribution is 2.32. The van der Waals surface area contributed by atoms with Crippen LogP contribution in [0.1, 0.15) is 85.2 Å². The minimum atomic E-state index is -0.530. The minimum absolute atomic E-state index is 0.126. The average Bonchev–Trinajstić information content (AvgIpc) is 4.07. The van der Waals surface area contributed by atoms with Crippen LogP contribution in [0.3, 0.4) is 0 Å². The highest BCUT2D eigenvalue weighted by atomic mass is 16.6. The smallest absolute Gasteiger partial charge is 0.410 e. The lowest BCUT2D eigenvalue weighted by Crippen LogP contribution is -2.36. The lowest BCUT2D eigenvalue weighted by atomic mass is 10.2. The number of carbonyl (C=O) groups excluding carboxylic acids is 2. The van der Waals surface area contributed by atoms with Crippen LogP contribution >= 0.6 is 0 Å². The first-order valence-electron chi connectivity index (χ1n) is 28.2. The molecule has 28 nitrogen and oxygen atoms in total. The standard InChI is InChI=1S/C21H27N7O3.C19H23N7O3.C16H19N7O/c1-6-28-17(14-9-22-13(2)23-10-14)26-16-18(28)24-12-25-19(16)30-15-7-8-27(11-15)20(29)31-21(3,4)5;1-4-26-16(13-8-20-12(3)21-9-13)24-15-17(26)22-11-23-18(15)29-14-6-7-25(10-14)19(27)28-5-2;1-3-23-14(11-6-18-10(2)19-7-11)22-13-15(23)20-9-21-16(13)24-12-4-5-17-8-12/h9-10,12,15H,6-8,11H2,1-5H3;8-9,11,14H,4-7,10H2,1-3H3;6-7,9,12,17H,3-5,8H2,1-2H3/t15-;14-;/m00./s1. The average molecular weight is 1150 g/mol. The second-order valence-corrected chi connectivity index (χ2v) is 21.0. The van der Waals surface area contributed by atoms with Gasteiger partial charge >= 0.3 is 12.2 Å². The SMILES string of the molecule is CCOC(=O)N1CC[C@H](Oc2ncnc3c2nc(-c2cnc(C)nc2)n3CC)C1.CCn1c(-c2cnc(C)nc2)nc2c(OC3CCNC3)ncnc21.CCn1c(-c2cnc(C)nc2)nc2c(O[C@H]3CCN(C(=O)OC(C)(C)C)C3)ncnc21. The van der Waals surface area contributed by atoms with Gasteiger partial charge in [-0.05, 0) is 82.2 Å². The molecule has 9 aromatic heterocycles. The Kier molecular flexibility index (Phi) is 17.6. The largest absolute Gasteiger partial charge is 0.471 e. The molecule has 3 saturated heterocycles. The molecule has 12 heterocycles. The molecule has 0 spiro atoms. The maximum atomic E-state index is 12.3. The zero-order valence-electron chi connectivity index (χ0n) is 48.9. The van der Waals surface area contributed by atoms with Gasteiger partial charge in [0.15, 0.2) is 33.5 Å². The van der Waals surface area contributed by atoms with Crippen molar-refractivity contribution in [1.29, 1.82) is 0 Å². The molecule has 2 amide bonds. The number of nitrogens with zero attached hydrogens (tertiary/aromatic N) is 20. The van der Waals surface area contributed by atoms with Crippen molar-refractivity contribution in [1.82, 2.24) is 104 Å². The Morgan fingerprint density at radius 1 is 0.512 bits per heavy atom. The van der Waals surface area contributed by atoms with E-state index in [1.807, 2.05) is 69.1 Å². The molecule has 3 aliphatic rings. The number of hydrogen-bond acceptors (Lipinski definition) is 23. The van der Waals surface area contributed by atoms with Gasteiger partial charge in [0.2, 0.25) is 17.6 Å². The van der Waals surface area contributed by atoms with Crippen LogP contribution in [-0.2, 0) is 29.1 Å². The molecule has 0 radical (unpaired) electrons. The summed E-state index contributed by atoms with van der Waals surface area (Å²) in [6, 6.07) is 0. The predicted molar refractivity (Wildman–Crippen MR) is 307 cm³/mol. The summed E-state index contributed by atoms with van der Waals surface area (Å²) in [5.74, 6) is 5.69. The summed E-state index contributed by atoms with van der Waals surface area (Å²) >= 11 is 0. The highest BCUT2D eigenvalue weighted by Gasteiger charge is 2.33. The van der Waals surface area contributed by atoms with E-state index >= 15 is 0 Å². The topological polar surface area (TPSA) is 307 Å². The summed E-state index contributed by atoms with van der Waals surface area (Å²) in [7, 11) is 0. The summed E-state index contributed by atoms with van der Waals surface area (Å²) in [5, 5.41) is 3.29. The summed E-state index contributed by atoms with van der Waals surface area (Å²) < 4.78 is 34.8. The second kappa shape index (κ2) is 25.5. The first-order chi connectivity index (χ1) is 40.6.